The lowest BCUT2D eigenvalue weighted by Gasteiger charge is -2.18. The first-order chi connectivity index (χ1) is 23.2. The zero-order valence-electron chi connectivity index (χ0n) is 27.8. The van der Waals surface area contributed by atoms with Gasteiger partial charge in [-0.25, -0.2) is 9.56 Å². The standard InChI is InChI=1S/C42H36N4S2/c1-26-6-10-29(11-7-26)30-14-16-32(17-15-30)35-20-18-33(31-12-8-27(2)9-13-31)23-38(35)45-42(47)44-37-25-41-39(22-28(37)3)43-36-21-19-34(46(4)5)24-40(36)48-41/h6-25H,1-5H3,(H,45,47)/p+1. The summed E-state index contributed by atoms with van der Waals surface area (Å²) in [6, 6.07) is 43.3. The maximum absolute atomic E-state index is 5.97. The van der Waals surface area contributed by atoms with E-state index in [1.54, 1.807) is 11.3 Å². The normalized spacial score (nSPS) is 11.1. The maximum Gasteiger partial charge on any atom is 0.201 e. The number of fused-ring (bicyclic) bond motifs is 2. The fourth-order valence-corrected chi connectivity index (χ4v) is 7.11. The van der Waals surface area contributed by atoms with Gasteiger partial charge in [-0.3, -0.25) is 0 Å². The second-order valence-corrected chi connectivity index (χ2v) is 14.0. The Morgan fingerprint density at radius 3 is 1.81 bits per heavy atom. The summed E-state index contributed by atoms with van der Waals surface area (Å²) in [5.74, 6) is 0. The van der Waals surface area contributed by atoms with Crippen LogP contribution in [-0.4, -0.2) is 24.2 Å². The van der Waals surface area contributed by atoms with Gasteiger partial charge in [0.25, 0.3) is 0 Å². The van der Waals surface area contributed by atoms with Crippen molar-refractivity contribution >= 4 is 50.3 Å². The Kier molecular flexibility index (Phi) is 8.61. The Morgan fingerprint density at radius 1 is 0.604 bits per heavy atom. The summed E-state index contributed by atoms with van der Waals surface area (Å²) in [5, 5.41) is 8.75. The molecule has 2 N–H and O–H groups in total. The van der Waals surface area contributed by atoms with Crippen molar-refractivity contribution in [1.29, 1.82) is 0 Å². The molecule has 0 saturated carbocycles. The lowest BCUT2D eigenvalue weighted by molar-refractivity contribution is 0.814. The molecule has 0 radical (unpaired) electrons. The minimum Gasteiger partial charge on any atom is -0.332 e. The molecule has 236 valence electrons. The van der Waals surface area contributed by atoms with Crippen molar-refractivity contribution in [2.45, 2.75) is 20.8 Å². The van der Waals surface area contributed by atoms with Gasteiger partial charge in [0.15, 0.2) is 5.11 Å². The molecule has 1 aliphatic heterocycles. The highest BCUT2D eigenvalue weighted by atomic mass is 32.1. The lowest BCUT2D eigenvalue weighted by atomic mass is 9.96. The van der Waals surface area contributed by atoms with E-state index >= 15 is 0 Å². The van der Waals surface area contributed by atoms with Gasteiger partial charge >= 0.3 is 0 Å². The number of aryl methyl sites for hydroxylation is 3. The van der Waals surface area contributed by atoms with Crippen LogP contribution < -0.4 is 20.6 Å². The number of hydrogen-bond acceptors (Lipinski definition) is 3. The van der Waals surface area contributed by atoms with Crippen molar-refractivity contribution in [3.05, 3.63) is 143 Å². The van der Waals surface area contributed by atoms with E-state index < -0.39 is 0 Å². The molecule has 1 heterocycles. The minimum absolute atomic E-state index is 0.532. The summed E-state index contributed by atoms with van der Waals surface area (Å²) >= 11 is 7.71. The fraction of sp³-hybridized carbons (Fsp3) is 0.119. The molecule has 4 nitrogen and oxygen atoms in total. The Labute approximate surface area is 291 Å². The van der Waals surface area contributed by atoms with Crippen molar-refractivity contribution in [2.75, 3.05) is 24.7 Å². The highest BCUT2D eigenvalue weighted by molar-refractivity contribution is 7.80. The first-order valence-electron chi connectivity index (χ1n) is 16.0. The van der Waals surface area contributed by atoms with Crippen LogP contribution in [0.15, 0.2) is 121 Å². The number of thiocarbonyl (C=S) groups is 1. The van der Waals surface area contributed by atoms with E-state index in [9.17, 15) is 0 Å². The maximum atomic E-state index is 5.97. The average molecular weight is 662 g/mol. The molecule has 1 aliphatic carbocycles. The van der Waals surface area contributed by atoms with E-state index in [4.69, 9.17) is 17.2 Å². The first-order valence-corrected chi connectivity index (χ1v) is 17.2. The van der Waals surface area contributed by atoms with Crippen LogP contribution in [0.5, 0.6) is 0 Å². The van der Waals surface area contributed by atoms with E-state index in [1.165, 1.54) is 22.3 Å². The fourth-order valence-electron chi connectivity index (χ4n) is 5.87. The van der Waals surface area contributed by atoms with Crippen molar-refractivity contribution < 1.29 is 0 Å². The third-order valence-electron chi connectivity index (χ3n) is 8.71. The molecular weight excluding hydrogens is 625 g/mol. The number of nitrogens with one attached hydrogen (secondary N) is 2. The Balaban J connectivity index is 1.22. The second kappa shape index (κ2) is 13.1. The smallest absolute Gasteiger partial charge is 0.201 e. The third-order valence-corrected chi connectivity index (χ3v) is 10.0. The number of rotatable bonds is 5. The predicted molar refractivity (Wildman–Crippen MR) is 210 cm³/mol. The summed E-state index contributed by atoms with van der Waals surface area (Å²) in [6.07, 6.45) is 0. The van der Waals surface area contributed by atoms with Gasteiger partial charge in [-0.15, -0.1) is 11.3 Å². The molecule has 0 fully saturated rings. The molecule has 0 amide bonds. The number of benzene rings is 6. The molecule has 0 spiro atoms. The third kappa shape index (κ3) is 6.63. The van der Waals surface area contributed by atoms with Crippen LogP contribution in [0.2, 0.25) is 0 Å². The quantitative estimate of drug-likeness (QED) is 0.109. The molecule has 48 heavy (non-hydrogen) atoms. The molecular formula is C42H37N4S2+. The molecule has 0 unspecified atom stereocenters. The van der Waals surface area contributed by atoms with Gasteiger partial charge < -0.3 is 10.6 Å². The largest absolute Gasteiger partial charge is 0.332 e. The average Bonchev–Trinajstić information content (AvgIpc) is 3.08. The van der Waals surface area contributed by atoms with Crippen LogP contribution in [0, 0.1) is 20.8 Å². The Morgan fingerprint density at radius 2 is 1.17 bits per heavy atom. The topological polar surface area (TPSA) is 40.0 Å². The van der Waals surface area contributed by atoms with E-state index in [2.05, 4.69) is 171 Å². The highest BCUT2D eigenvalue weighted by Crippen LogP contribution is 2.36. The van der Waals surface area contributed by atoms with Crippen molar-refractivity contribution in [2.24, 2.45) is 0 Å². The Hall–Kier alpha value is -5.17. The van der Waals surface area contributed by atoms with Crippen LogP contribution in [0.3, 0.4) is 0 Å². The molecule has 7 rings (SSSR count). The zero-order valence-corrected chi connectivity index (χ0v) is 29.4. The van der Waals surface area contributed by atoms with E-state index in [0.29, 0.717) is 5.11 Å². The SMILES string of the molecule is Cc1ccc(-c2ccc(-c3ccc(-c4ccc(C)cc4)cc3NC(=S)Nc3cc4sc5cc(=[N+](C)C)ccc-5nc4cc3C)cc2)cc1. The Bertz CT molecular complexity index is 2330. The summed E-state index contributed by atoms with van der Waals surface area (Å²) < 4.78 is 3.22. The number of aromatic nitrogens is 1. The van der Waals surface area contributed by atoms with Crippen LogP contribution in [0.25, 0.3) is 54.2 Å². The van der Waals surface area contributed by atoms with Crippen molar-refractivity contribution in [3.8, 4) is 44.0 Å². The molecule has 6 heteroatoms. The molecule has 0 aromatic heterocycles. The monoisotopic (exact) mass is 661 g/mol. The van der Waals surface area contributed by atoms with E-state index in [-0.39, 0.29) is 0 Å². The lowest BCUT2D eigenvalue weighted by Crippen LogP contribution is -2.21. The predicted octanol–water partition coefficient (Wildman–Crippen LogP) is 10.2. The summed E-state index contributed by atoms with van der Waals surface area (Å²) in [7, 11) is 4.12. The van der Waals surface area contributed by atoms with Gasteiger partial charge in [0, 0.05) is 29.1 Å². The van der Waals surface area contributed by atoms with Crippen LogP contribution in [0.4, 0.5) is 11.4 Å². The van der Waals surface area contributed by atoms with E-state index in [1.807, 2.05) is 0 Å². The van der Waals surface area contributed by atoms with Crippen LogP contribution in [0.1, 0.15) is 16.7 Å². The summed E-state index contributed by atoms with van der Waals surface area (Å²) in [4.78, 5) is 6.11. The molecule has 0 bridgehead atoms. The summed E-state index contributed by atoms with van der Waals surface area (Å²) in [5.41, 5.74) is 14.3. The van der Waals surface area contributed by atoms with E-state index in [0.717, 1.165) is 65.3 Å². The minimum atomic E-state index is 0.532. The molecule has 0 atom stereocenters. The van der Waals surface area contributed by atoms with Crippen LogP contribution in [-0.2, 0) is 0 Å². The van der Waals surface area contributed by atoms with Crippen molar-refractivity contribution in [1.82, 2.24) is 9.56 Å². The second-order valence-electron chi connectivity index (χ2n) is 12.5. The van der Waals surface area contributed by atoms with Crippen LogP contribution >= 0.6 is 23.6 Å². The highest BCUT2D eigenvalue weighted by Gasteiger charge is 2.14. The van der Waals surface area contributed by atoms with Gasteiger partial charge in [0.1, 0.15) is 14.1 Å². The van der Waals surface area contributed by atoms with Gasteiger partial charge in [-0.05, 0) is 90.6 Å². The number of nitrogens with zero attached hydrogens (tertiary/aromatic N) is 2. The molecule has 5 aromatic rings. The molecule has 0 saturated heterocycles. The molecule has 2 aliphatic rings. The van der Waals surface area contributed by atoms with Gasteiger partial charge in [-0.2, -0.15) is 0 Å². The summed E-state index contributed by atoms with van der Waals surface area (Å²) in [6.45, 7) is 6.32. The van der Waals surface area contributed by atoms with Crippen molar-refractivity contribution in [3.63, 3.8) is 0 Å². The zero-order chi connectivity index (χ0) is 33.4. The van der Waals surface area contributed by atoms with Gasteiger partial charge in [0.05, 0.1) is 20.8 Å². The van der Waals surface area contributed by atoms with Gasteiger partial charge in [0.2, 0.25) is 5.36 Å². The number of anilines is 2. The molecule has 5 aromatic carbocycles. The van der Waals surface area contributed by atoms with Gasteiger partial charge in [-0.1, -0.05) is 96.1 Å². The first kappa shape index (κ1) is 31.4. The number of hydrogen-bond donors (Lipinski definition) is 2.